The second kappa shape index (κ2) is 13.4. The summed E-state index contributed by atoms with van der Waals surface area (Å²) in [6.07, 6.45) is 1.49. The number of halogens is 2. The molecular formula is C31H24FIN2O4. The molecule has 1 amide bonds. The maximum atomic E-state index is 13.2. The Hall–Kier alpha value is -4.36. The van der Waals surface area contributed by atoms with Crippen molar-refractivity contribution in [3.05, 3.63) is 123 Å². The van der Waals surface area contributed by atoms with Gasteiger partial charge < -0.3 is 19.5 Å². The highest BCUT2D eigenvalue weighted by atomic mass is 127. The second-order valence-corrected chi connectivity index (χ2v) is 9.53. The van der Waals surface area contributed by atoms with Gasteiger partial charge in [0.25, 0.3) is 5.91 Å². The van der Waals surface area contributed by atoms with E-state index in [-0.39, 0.29) is 18.0 Å². The number of benzene rings is 4. The third-order valence-electron chi connectivity index (χ3n) is 5.58. The number of hydrogen-bond acceptors (Lipinski definition) is 5. The third kappa shape index (κ3) is 7.82. The molecule has 196 valence electrons. The maximum Gasteiger partial charge on any atom is 0.266 e. The molecule has 0 unspecified atom stereocenters. The summed E-state index contributed by atoms with van der Waals surface area (Å²) >= 11 is 2.10. The molecular weight excluding hydrogens is 610 g/mol. The molecule has 0 saturated carbocycles. The summed E-state index contributed by atoms with van der Waals surface area (Å²) in [5.74, 6) is 0.762. The first-order valence-corrected chi connectivity index (χ1v) is 13.0. The van der Waals surface area contributed by atoms with Gasteiger partial charge in [-0.3, -0.25) is 4.79 Å². The van der Waals surface area contributed by atoms with Crippen molar-refractivity contribution < 1.29 is 23.4 Å². The average molecular weight is 634 g/mol. The number of carbonyl (C=O) groups is 1. The fraction of sp³-hybridized carbons (Fsp3) is 0.0968. The number of amides is 1. The van der Waals surface area contributed by atoms with Crippen LogP contribution in [0.4, 0.5) is 10.1 Å². The molecule has 1 N–H and O–H groups in total. The standard InChI is InChI=1S/C31H24FIN2O4/c1-37-29-17-23(16-28(33)30(29)39-20-22-7-9-25(32)10-8-22)15-24(18-34)31(36)35-26-11-13-27(14-12-26)38-19-21-5-3-2-4-6-21/h2-17H,19-20H2,1H3,(H,35,36)/b24-15+. The highest BCUT2D eigenvalue weighted by molar-refractivity contribution is 14.1. The van der Waals surface area contributed by atoms with Gasteiger partial charge in [0, 0.05) is 5.69 Å². The normalized spacial score (nSPS) is 10.9. The predicted molar refractivity (Wildman–Crippen MR) is 156 cm³/mol. The highest BCUT2D eigenvalue weighted by Crippen LogP contribution is 2.35. The van der Waals surface area contributed by atoms with Crippen molar-refractivity contribution in [2.24, 2.45) is 0 Å². The fourth-order valence-corrected chi connectivity index (χ4v) is 4.37. The van der Waals surface area contributed by atoms with Gasteiger partial charge in [-0.1, -0.05) is 42.5 Å². The molecule has 8 heteroatoms. The SMILES string of the molecule is COc1cc(/C=C(\C#N)C(=O)Nc2ccc(OCc3ccccc3)cc2)cc(I)c1OCc1ccc(F)cc1. The zero-order valence-electron chi connectivity index (χ0n) is 21.0. The number of nitrogens with one attached hydrogen (secondary N) is 1. The lowest BCUT2D eigenvalue weighted by molar-refractivity contribution is -0.112. The summed E-state index contributed by atoms with van der Waals surface area (Å²) in [4.78, 5) is 12.8. The Morgan fingerprint density at radius 2 is 1.62 bits per heavy atom. The number of anilines is 1. The van der Waals surface area contributed by atoms with Gasteiger partial charge in [0.15, 0.2) is 11.5 Å². The third-order valence-corrected chi connectivity index (χ3v) is 6.39. The number of nitriles is 1. The lowest BCUT2D eigenvalue weighted by Crippen LogP contribution is -2.13. The van der Waals surface area contributed by atoms with Gasteiger partial charge in [0.1, 0.15) is 36.4 Å². The smallest absolute Gasteiger partial charge is 0.266 e. The molecule has 0 aliphatic carbocycles. The topological polar surface area (TPSA) is 80.6 Å². The molecule has 0 bridgehead atoms. The van der Waals surface area contributed by atoms with Crippen molar-refractivity contribution in [1.29, 1.82) is 5.26 Å². The van der Waals surface area contributed by atoms with E-state index >= 15 is 0 Å². The molecule has 0 aliphatic heterocycles. The quantitative estimate of drug-likeness (QED) is 0.114. The number of ether oxygens (including phenoxy) is 3. The van der Waals surface area contributed by atoms with E-state index in [1.807, 2.05) is 36.4 Å². The number of hydrogen-bond donors (Lipinski definition) is 1. The first kappa shape index (κ1) is 27.7. The Morgan fingerprint density at radius 3 is 2.28 bits per heavy atom. The number of nitrogens with zero attached hydrogens (tertiary/aromatic N) is 1. The monoisotopic (exact) mass is 634 g/mol. The van der Waals surface area contributed by atoms with Crippen molar-refractivity contribution in [2.45, 2.75) is 13.2 Å². The van der Waals surface area contributed by atoms with Crippen LogP contribution >= 0.6 is 22.6 Å². The minimum atomic E-state index is -0.541. The van der Waals surface area contributed by atoms with Crippen molar-refractivity contribution >= 4 is 40.3 Å². The van der Waals surface area contributed by atoms with Crippen LogP contribution in [0.25, 0.3) is 6.08 Å². The van der Waals surface area contributed by atoms with E-state index in [9.17, 15) is 14.4 Å². The molecule has 0 aliphatic rings. The first-order chi connectivity index (χ1) is 18.9. The van der Waals surface area contributed by atoms with Crippen molar-refractivity contribution in [3.63, 3.8) is 0 Å². The van der Waals surface area contributed by atoms with E-state index in [2.05, 4.69) is 27.9 Å². The largest absolute Gasteiger partial charge is 0.493 e. The van der Waals surface area contributed by atoms with Crippen LogP contribution in [0.1, 0.15) is 16.7 Å². The maximum absolute atomic E-state index is 13.2. The van der Waals surface area contributed by atoms with Gasteiger partial charge in [-0.2, -0.15) is 5.26 Å². The Bertz CT molecular complexity index is 1500. The van der Waals surface area contributed by atoms with Crippen molar-refractivity contribution in [3.8, 4) is 23.3 Å². The highest BCUT2D eigenvalue weighted by Gasteiger charge is 2.14. The Balaban J connectivity index is 1.42. The molecule has 0 aromatic heterocycles. The van der Waals surface area contributed by atoms with E-state index in [4.69, 9.17) is 14.2 Å². The minimum Gasteiger partial charge on any atom is -0.493 e. The van der Waals surface area contributed by atoms with E-state index < -0.39 is 5.91 Å². The summed E-state index contributed by atoms with van der Waals surface area (Å²) in [5, 5.41) is 12.4. The molecule has 39 heavy (non-hydrogen) atoms. The summed E-state index contributed by atoms with van der Waals surface area (Å²) in [7, 11) is 1.51. The van der Waals surface area contributed by atoms with Crippen LogP contribution in [-0.4, -0.2) is 13.0 Å². The number of rotatable bonds is 10. The lowest BCUT2D eigenvalue weighted by atomic mass is 10.1. The zero-order valence-corrected chi connectivity index (χ0v) is 23.1. The molecule has 0 fully saturated rings. The molecule has 4 aromatic carbocycles. The van der Waals surface area contributed by atoms with E-state index in [1.165, 1.54) is 25.3 Å². The van der Waals surface area contributed by atoms with Gasteiger partial charge in [-0.15, -0.1) is 0 Å². The van der Waals surface area contributed by atoms with E-state index in [0.717, 1.165) is 14.7 Å². The Morgan fingerprint density at radius 1 is 0.949 bits per heavy atom. The van der Waals surface area contributed by atoms with Gasteiger partial charge in [-0.05, 0) is 93.9 Å². The van der Waals surface area contributed by atoms with Crippen LogP contribution in [0.15, 0.2) is 96.6 Å². The molecule has 0 radical (unpaired) electrons. The van der Waals surface area contributed by atoms with Crippen molar-refractivity contribution in [1.82, 2.24) is 0 Å². The van der Waals surface area contributed by atoms with Gasteiger partial charge in [0.05, 0.1) is 10.7 Å². The average Bonchev–Trinajstić information content (AvgIpc) is 2.96. The van der Waals surface area contributed by atoms with Crippen LogP contribution in [0.3, 0.4) is 0 Å². The Kier molecular flexibility index (Phi) is 9.53. The Labute approximate surface area is 239 Å². The molecule has 6 nitrogen and oxygen atoms in total. The predicted octanol–water partition coefficient (Wildman–Crippen LogP) is 7.14. The minimum absolute atomic E-state index is 0.0720. The number of carbonyl (C=O) groups excluding carboxylic acids is 1. The molecule has 0 saturated heterocycles. The zero-order chi connectivity index (χ0) is 27.6. The number of methoxy groups -OCH3 is 1. The van der Waals surface area contributed by atoms with Gasteiger partial charge in [-0.25, -0.2) is 4.39 Å². The molecule has 4 aromatic rings. The first-order valence-electron chi connectivity index (χ1n) is 11.9. The summed E-state index contributed by atoms with van der Waals surface area (Å²) in [6, 6.07) is 28.2. The van der Waals surface area contributed by atoms with E-state index in [1.54, 1.807) is 48.5 Å². The van der Waals surface area contributed by atoms with Gasteiger partial charge >= 0.3 is 0 Å². The molecule has 0 heterocycles. The molecule has 0 spiro atoms. The molecule has 0 atom stereocenters. The van der Waals surface area contributed by atoms with Crippen molar-refractivity contribution in [2.75, 3.05) is 12.4 Å². The van der Waals surface area contributed by atoms with Crippen LogP contribution in [-0.2, 0) is 18.0 Å². The summed E-state index contributed by atoms with van der Waals surface area (Å²) in [6.45, 7) is 0.663. The van der Waals surface area contributed by atoms with Crippen LogP contribution in [0.2, 0.25) is 0 Å². The fourth-order valence-electron chi connectivity index (χ4n) is 3.59. The van der Waals surface area contributed by atoms with Crippen LogP contribution in [0.5, 0.6) is 17.2 Å². The second-order valence-electron chi connectivity index (χ2n) is 8.37. The van der Waals surface area contributed by atoms with E-state index in [0.29, 0.717) is 35.1 Å². The summed E-state index contributed by atoms with van der Waals surface area (Å²) < 4.78 is 31.1. The molecule has 4 rings (SSSR count). The summed E-state index contributed by atoms with van der Waals surface area (Å²) in [5.41, 5.74) is 2.92. The van der Waals surface area contributed by atoms with Crippen LogP contribution in [0, 0.1) is 20.7 Å². The lowest BCUT2D eigenvalue weighted by Gasteiger charge is -2.14. The van der Waals surface area contributed by atoms with Crippen LogP contribution < -0.4 is 19.5 Å². The van der Waals surface area contributed by atoms with Gasteiger partial charge in [0.2, 0.25) is 0 Å².